The first-order valence-electron chi connectivity index (χ1n) is 4.86. The maximum absolute atomic E-state index is 10.9. The van der Waals surface area contributed by atoms with Gasteiger partial charge in [0.2, 0.25) is 5.91 Å². The van der Waals surface area contributed by atoms with Crippen molar-refractivity contribution in [2.24, 2.45) is 5.92 Å². The van der Waals surface area contributed by atoms with Crippen LogP contribution in [0.25, 0.3) is 0 Å². The predicted octanol–water partition coefficient (Wildman–Crippen LogP) is 1.56. The van der Waals surface area contributed by atoms with Crippen LogP contribution < -0.4 is 5.32 Å². The number of carbonyl (C=O) groups is 2. The van der Waals surface area contributed by atoms with Crippen molar-refractivity contribution < 1.29 is 27.9 Å². The molecule has 4 nitrogen and oxygen atoms in total. The fourth-order valence-electron chi connectivity index (χ4n) is 0.738. The van der Waals surface area contributed by atoms with Crippen LogP contribution in [0.5, 0.6) is 0 Å². The molecular weight excluding hydrogens is 227 g/mol. The Kier molecular flexibility index (Phi) is 5.84. The van der Waals surface area contributed by atoms with Gasteiger partial charge in [-0.2, -0.15) is 13.2 Å². The highest BCUT2D eigenvalue weighted by atomic mass is 19.4. The van der Waals surface area contributed by atoms with Crippen molar-refractivity contribution in [1.29, 1.82) is 0 Å². The van der Waals surface area contributed by atoms with Crippen molar-refractivity contribution in [1.82, 2.24) is 5.32 Å². The molecule has 94 valence electrons. The first-order chi connectivity index (χ1) is 7.29. The van der Waals surface area contributed by atoms with E-state index in [9.17, 15) is 18.0 Å². The number of amides is 1. The molecule has 1 saturated carbocycles. The van der Waals surface area contributed by atoms with Crippen molar-refractivity contribution >= 4 is 11.9 Å². The zero-order valence-corrected chi connectivity index (χ0v) is 8.80. The highest BCUT2D eigenvalue weighted by Gasteiger charge is 2.38. The third-order valence-corrected chi connectivity index (χ3v) is 1.74. The van der Waals surface area contributed by atoms with Gasteiger partial charge in [0.15, 0.2) is 0 Å². The Morgan fingerprint density at radius 2 is 1.81 bits per heavy atom. The Morgan fingerprint density at radius 1 is 1.38 bits per heavy atom. The van der Waals surface area contributed by atoms with E-state index in [4.69, 9.17) is 9.90 Å². The van der Waals surface area contributed by atoms with Crippen molar-refractivity contribution in [3.63, 3.8) is 0 Å². The summed E-state index contributed by atoms with van der Waals surface area (Å²) >= 11 is 0. The normalized spacial score (nSPS) is 14.8. The highest BCUT2D eigenvalue weighted by Crippen LogP contribution is 2.28. The van der Waals surface area contributed by atoms with E-state index in [1.165, 1.54) is 0 Å². The zero-order chi connectivity index (χ0) is 12.8. The molecule has 16 heavy (non-hydrogen) atoms. The minimum atomic E-state index is -5.08. The number of hydrogen-bond donors (Lipinski definition) is 2. The lowest BCUT2D eigenvalue weighted by Gasteiger charge is -1.98. The van der Waals surface area contributed by atoms with Crippen LogP contribution in [0.2, 0.25) is 0 Å². The third-order valence-electron chi connectivity index (χ3n) is 1.74. The number of rotatable bonds is 3. The van der Waals surface area contributed by atoms with E-state index in [2.05, 4.69) is 12.2 Å². The fraction of sp³-hybridized carbons (Fsp3) is 0.778. The molecule has 1 rings (SSSR count). The summed E-state index contributed by atoms with van der Waals surface area (Å²) in [5.74, 6) is -2.12. The van der Waals surface area contributed by atoms with Crippen LogP contribution in [0, 0.1) is 5.92 Å². The summed E-state index contributed by atoms with van der Waals surface area (Å²) in [6.07, 6.45) is -1.83. The second-order valence-electron chi connectivity index (χ2n) is 3.37. The predicted molar refractivity (Wildman–Crippen MR) is 49.7 cm³/mol. The molecule has 0 aromatic heterocycles. The van der Waals surface area contributed by atoms with E-state index in [-0.39, 0.29) is 5.91 Å². The monoisotopic (exact) mass is 241 g/mol. The zero-order valence-electron chi connectivity index (χ0n) is 8.80. The van der Waals surface area contributed by atoms with Gasteiger partial charge in [-0.05, 0) is 19.3 Å². The molecule has 0 unspecified atom stereocenters. The topological polar surface area (TPSA) is 66.4 Å². The molecule has 1 amide bonds. The third kappa shape index (κ3) is 7.08. The second kappa shape index (κ2) is 6.34. The van der Waals surface area contributed by atoms with E-state index in [0.717, 1.165) is 25.8 Å². The molecule has 1 aliphatic carbocycles. The molecule has 0 atom stereocenters. The standard InChI is InChI=1S/C7H13NO.C2HF3O2/c1-2-5-8-7(9)6-3-4-6;3-2(4,5)1(6)7/h6H,2-5H2,1H3,(H,8,9);(H,6,7). The van der Waals surface area contributed by atoms with Crippen molar-refractivity contribution in [2.45, 2.75) is 32.4 Å². The quantitative estimate of drug-likeness (QED) is 0.787. The van der Waals surface area contributed by atoms with Gasteiger partial charge in [-0.3, -0.25) is 4.79 Å². The number of hydrogen-bond acceptors (Lipinski definition) is 2. The molecule has 0 saturated heterocycles. The van der Waals surface area contributed by atoms with Crippen LogP contribution in [-0.2, 0) is 9.59 Å². The van der Waals surface area contributed by atoms with Gasteiger partial charge in [0.1, 0.15) is 0 Å². The minimum absolute atomic E-state index is 0.261. The number of carbonyl (C=O) groups excluding carboxylic acids is 1. The van der Waals surface area contributed by atoms with Crippen molar-refractivity contribution in [3.8, 4) is 0 Å². The lowest BCUT2D eigenvalue weighted by Crippen LogP contribution is -2.25. The minimum Gasteiger partial charge on any atom is -0.475 e. The number of aliphatic carboxylic acids is 1. The lowest BCUT2D eigenvalue weighted by molar-refractivity contribution is -0.192. The largest absolute Gasteiger partial charge is 0.490 e. The molecular formula is C9H14F3NO3. The summed E-state index contributed by atoms with van der Waals surface area (Å²) < 4.78 is 31.7. The Morgan fingerprint density at radius 3 is 2.06 bits per heavy atom. The Hall–Kier alpha value is -1.27. The molecule has 7 heteroatoms. The van der Waals surface area contributed by atoms with E-state index >= 15 is 0 Å². The highest BCUT2D eigenvalue weighted by molar-refractivity contribution is 5.80. The van der Waals surface area contributed by atoms with Gasteiger partial charge in [0.25, 0.3) is 0 Å². The molecule has 0 heterocycles. The molecule has 1 aliphatic rings. The average molecular weight is 241 g/mol. The van der Waals surface area contributed by atoms with Gasteiger partial charge in [-0.25, -0.2) is 4.79 Å². The molecule has 0 aromatic rings. The summed E-state index contributed by atoms with van der Waals surface area (Å²) in [4.78, 5) is 19.7. The van der Waals surface area contributed by atoms with Crippen LogP contribution in [0.4, 0.5) is 13.2 Å². The average Bonchev–Trinajstić information content (AvgIpc) is 2.96. The van der Waals surface area contributed by atoms with Crippen LogP contribution in [0.15, 0.2) is 0 Å². The Bertz CT molecular complexity index is 249. The Labute approximate surface area is 90.8 Å². The maximum Gasteiger partial charge on any atom is 0.490 e. The van der Waals surface area contributed by atoms with Gasteiger partial charge in [0, 0.05) is 12.5 Å². The van der Waals surface area contributed by atoms with Gasteiger partial charge in [0.05, 0.1) is 0 Å². The van der Waals surface area contributed by atoms with Crippen LogP contribution in [0.1, 0.15) is 26.2 Å². The molecule has 0 aliphatic heterocycles. The number of halogens is 3. The molecule has 0 aromatic carbocycles. The second-order valence-corrected chi connectivity index (χ2v) is 3.37. The van der Waals surface area contributed by atoms with Gasteiger partial charge >= 0.3 is 12.1 Å². The maximum atomic E-state index is 10.9. The Balaban J connectivity index is 0.000000293. The summed E-state index contributed by atoms with van der Waals surface area (Å²) in [6, 6.07) is 0. The summed E-state index contributed by atoms with van der Waals surface area (Å²) in [5.41, 5.74) is 0. The summed E-state index contributed by atoms with van der Waals surface area (Å²) in [5, 5.41) is 9.98. The fourth-order valence-corrected chi connectivity index (χ4v) is 0.738. The SMILES string of the molecule is CCCNC(=O)C1CC1.O=C(O)C(F)(F)F. The number of alkyl halides is 3. The smallest absolute Gasteiger partial charge is 0.475 e. The first-order valence-corrected chi connectivity index (χ1v) is 4.86. The van der Waals surface area contributed by atoms with Gasteiger partial charge in [-0.15, -0.1) is 0 Å². The molecule has 0 radical (unpaired) electrons. The number of carboxylic acid groups (broad SMARTS) is 1. The van der Waals surface area contributed by atoms with E-state index in [0.29, 0.717) is 5.92 Å². The van der Waals surface area contributed by atoms with E-state index < -0.39 is 12.1 Å². The molecule has 2 N–H and O–H groups in total. The molecule has 1 fully saturated rings. The van der Waals surface area contributed by atoms with Crippen LogP contribution in [-0.4, -0.2) is 29.7 Å². The van der Waals surface area contributed by atoms with Crippen molar-refractivity contribution in [2.75, 3.05) is 6.54 Å². The van der Waals surface area contributed by atoms with Gasteiger partial charge < -0.3 is 10.4 Å². The summed E-state index contributed by atoms with van der Waals surface area (Å²) in [6.45, 7) is 2.91. The summed E-state index contributed by atoms with van der Waals surface area (Å²) in [7, 11) is 0. The van der Waals surface area contributed by atoms with Gasteiger partial charge in [-0.1, -0.05) is 6.92 Å². The number of carboxylic acids is 1. The van der Waals surface area contributed by atoms with E-state index in [1.807, 2.05) is 0 Å². The van der Waals surface area contributed by atoms with Crippen molar-refractivity contribution in [3.05, 3.63) is 0 Å². The van der Waals surface area contributed by atoms with Crippen LogP contribution in [0.3, 0.4) is 0 Å². The van der Waals surface area contributed by atoms with Crippen LogP contribution >= 0.6 is 0 Å². The molecule has 0 bridgehead atoms. The van der Waals surface area contributed by atoms with E-state index in [1.54, 1.807) is 0 Å². The number of nitrogens with one attached hydrogen (secondary N) is 1. The lowest BCUT2D eigenvalue weighted by atomic mass is 10.4. The first kappa shape index (κ1) is 14.7. The molecule has 0 spiro atoms.